The minimum absolute atomic E-state index is 0.625. The van der Waals surface area contributed by atoms with Crippen LogP contribution >= 0.6 is 0 Å². The summed E-state index contributed by atoms with van der Waals surface area (Å²) in [5.74, 6) is 0.976. The second kappa shape index (κ2) is 3.89. The van der Waals surface area contributed by atoms with Gasteiger partial charge in [-0.25, -0.2) is 0 Å². The van der Waals surface area contributed by atoms with Crippen molar-refractivity contribution in [3.05, 3.63) is 59.7 Å². The molecule has 0 fully saturated rings. The highest BCUT2D eigenvalue weighted by molar-refractivity contribution is 5.53. The SMILES string of the molecule is c1ccc2c(c1)COc1ccccc1CN2. The summed E-state index contributed by atoms with van der Waals surface area (Å²) in [7, 11) is 0. The van der Waals surface area contributed by atoms with Gasteiger partial charge in [0.1, 0.15) is 12.4 Å². The van der Waals surface area contributed by atoms with E-state index in [4.69, 9.17) is 4.74 Å². The molecule has 0 bridgehead atoms. The Morgan fingerprint density at radius 2 is 1.62 bits per heavy atom. The zero-order chi connectivity index (χ0) is 10.8. The van der Waals surface area contributed by atoms with Crippen molar-refractivity contribution in [2.45, 2.75) is 13.2 Å². The molecule has 1 N–H and O–H groups in total. The molecular formula is C14H13NO. The molecule has 1 heterocycles. The van der Waals surface area contributed by atoms with Gasteiger partial charge in [-0.15, -0.1) is 0 Å². The fraction of sp³-hybridized carbons (Fsp3) is 0.143. The van der Waals surface area contributed by atoms with Crippen molar-refractivity contribution >= 4 is 5.69 Å². The van der Waals surface area contributed by atoms with Gasteiger partial charge in [-0.05, 0) is 12.1 Å². The maximum atomic E-state index is 5.81. The number of fused-ring (bicyclic) bond motifs is 2. The van der Waals surface area contributed by atoms with E-state index in [-0.39, 0.29) is 0 Å². The molecule has 0 unspecified atom stereocenters. The molecule has 16 heavy (non-hydrogen) atoms. The van der Waals surface area contributed by atoms with Crippen LogP contribution in [0.1, 0.15) is 11.1 Å². The Balaban J connectivity index is 1.97. The van der Waals surface area contributed by atoms with Crippen molar-refractivity contribution < 1.29 is 4.74 Å². The van der Waals surface area contributed by atoms with Crippen molar-refractivity contribution in [3.8, 4) is 5.75 Å². The van der Waals surface area contributed by atoms with E-state index < -0.39 is 0 Å². The molecule has 2 nitrogen and oxygen atoms in total. The van der Waals surface area contributed by atoms with Gasteiger partial charge < -0.3 is 10.1 Å². The Hall–Kier alpha value is -1.96. The van der Waals surface area contributed by atoms with Crippen molar-refractivity contribution in [3.63, 3.8) is 0 Å². The Bertz CT molecular complexity index is 414. The summed E-state index contributed by atoms with van der Waals surface area (Å²) >= 11 is 0. The average Bonchev–Trinajstić information content (AvgIpc) is 2.32. The van der Waals surface area contributed by atoms with Crippen molar-refractivity contribution in [2.24, 2.45) is 0 Å². The highest BCUT2D eigenvalue weighted by Crippen LogP contribution is 2.26. The van der Waals surface area contributed by atoms with Crippen LogP contribution in [0.3, 0.4) is 0 Å². The van der Waals surface area contributed by atoms with E-state index in [0.29, 0.717) is 6.61 Å². The molecule has 2 aromatic carbocycles. The topological polar surface area (TPSA) is 21.3 Å². The number of hydrogen-bond acceptors (Lipinski definition) is 2. The first kappa shape index (κ1) is 9.28. The lowest BCUT2D eigenvalue weighted by molar-refractivity contribution is 0.302. The summed E-state index contributed by atoms with van der Waals surface area (Å²) in [6, 6.07) is 16.4. The first-order valence-electron chi connectivity index (χ1n) is 5.46. The standard InChI is InChI=1S/C14H13NO/c1-3-7-13-12(6-1)10-16-14-8-4-2-5-11(14)9-15-13/h1-8,15H,9-10H2. The van der Waals surface area contributed by atoms with Gasteiger partial charge in [-0.1, -0.05) is 36.4 Å². The van der Waals surface area contributed by atoms with Crippen LogP contribution in [-0.2, 0) is 13.2 Å². The minimum atomic E-state index is 0.625. The molecular weight excluding hydrogens is 198 g/mol. The van der Waals surface area contributed by atoms with Gasteiger partial charge in [0, 0.05) is 23.4 Å². The minimum Gasteiger partial charge on any atom is -0.488 e. The molecule has 0 aliphatic carbocycles. The van der Waals surface area contributed by atoms with Crippen LogP contribution in [0.25, 0.3) is 0 Å². The molecule has 3 rings (SSSR count). The smallest absolute Gasteiger partial charge is 0.124 e. The van der Waals surface area contributed by atoms with Gasteiger partial charge in [-0.2, -0.15) is 0 Å². The molecule has 2 heteroatoms. The molecule has 0 spiro atoms. The van der Waals surface area contributed by atoms with E-state index in [1.807, 2.05) is 30.3 Å². The fourth-order valence-corrected chi connectivity index (χ4v) is 1.96. The Kier molecular flexibility index (Phi) is 2.26. The monoisotopic (exact) mass is 211 g/mol. The predicted octanol–water partition coefficient (Wildman–Crippen LogP) is 3.19. The number of para-hydroxylation sites is 2. The maximum Gasteiger partial charge on any atom is 0.124 e. The van der Waals surface area contributed by atoms with Gasteiger partial charge in [0.25, 0.3) is 0 Å². The lowest BCUT2D eigenvalue weighted by Gasteiger charge is -2.19. The highest BCUT2D eigenvalue weighted by atomic mass is 16.5. The van der Waals surface area contributed by atoms with Gasteiger partial charge in [0.05, 0.1) is 0 Å². The summed E-state index contributed by atoms with van der Waals surface area (Å²) in [6.07, 6.45) is 0. The molecule has 0 saturated heterocycles. The molecule has 0 atom stereocenters. The Labute approximate surface area is 94.9 Å². The second-order valence-corrected chi connectivity index (χ2v) is 3.91. The zero-order valence-corrected chi connectivity index (χ0v) is 8.94. The van der Waals surface area contributed by atoms with Crippen LogP contribution in [0, 0.1) is 0 Å². The van der Waals surface area contributed by atoms with Crippen LogP contribution in [0.5, 0.6) is 5.75 Å². The third kappa shape index (κ3) is 1.63. The number of benzene rings is 2. The van der Waals surface area contributed by atoms with Crippen molar-refractivity contribution in [1.29, 1.82) is 0 Å². The Morgan fingerprint density at radius 3 is 2.56 bits per heavy atom. The third-order valence-corrected chi connectivity index (χ3v) is 2.84. The lowest BCUT2D eigenvalue weighted by atomic mass is 10.1. The quantitative estimate of drug-likeness (QED) is 0.722. The zero-order valence-electron chi connectivity index (χ0n) is 8.94. The van der Waals surface area contributed by atoms with Crippen LogP contribution in [-0.4, -0.2) is 0 Å². The number of ether oxygens (including phenoxy) is 1. The fourth-order valence-electron chi connectivity index (χ4n) is 1.96. The van der Waals surface area contributed by atoms with Gasteiger partial charge in [0.15, 0.2) is 0 Å². The molecule has 80 valence electrons. The molecule has 1 aliphatic rings. The Morgan fingerprint density at radius 1 is 0.875 bits per heavy atom. The number of nitrogens with one attached hydrogen (secondary N) is 1. The van der Waals surface area contributed by atoms with Gasteiger partial charge >= 0.3 is 0 Å². The molecule has 0 radical (unpaired) electrons. The molecule has 1 aliphatic heterocycles. The normalized spacial score (nSPS) is 13.5. The van der Waals surface area contributed by atoms with E-state index in [9.17, 15) is 0 Å². The molecule has 0 saturated carbocycles. The predicted molar refractivity (Wildman–Crippen MR) is 64.5 cm³/mol. The summed E-state index contributed by atoms with van der Waals surface area (Å²) in [6.45, 7) is 1.44. The van der Waals surface area contributed by atoms with Crippen LogP contribution < -0.4 is 10.1 Å². The van der Waals surface area contributed by atoms with E-state index in [1.54, 1.807) is 0 Å². The number of anilines is 1. The molecule has 0 amide bonds. The lowest BCUT2D eigenvalue weighted by Crippen LogP contribution is -2.10. The average molecular weight is 211 g/mol. The largest absolute Gasteiger partial charge is 0.488 e. The van der Waals surface area contributed by atoms with Gasteiger partial charge in [-0.3, -0.25) is 0 Å². The summed E-state index contributed by atoms with van der Waals surface area (Å²) in [4.78, 5) is 0. The van der Waals surface area contributed by atoms with Crippen molar-refractivity contribution in [1.82, 2.24) is 0 Å². The number of hydrogen-bond donors (Lipinski definition) is 1. The van der Waals surface area contributed by atoms with Crippen molar-refractivity contribution in [2.75, 3.05) is 5.32 Å². The second-order valence-electron chi connectivity index (χ2n) is 3.91. The van der Waals surface area contributed by atoms with E-state index in [0.717, 1.165) is 18.0 Å². The van der Waals surface area contributed by atoms with Crippen LogP contribution in [0.2, 0.25) is 0 Å². The maximum absolute atomic E-state index is 5.81. The van der Waals surface area contributed by atoms with Gasteiger partial charge in [0.2, 0.25) is 0 Å². The summed E-state index contributed by atoms with van der Waals surface area (Å²) < 4.78 is 5.81. The number of rotatable bonds is 0. The van der Waals surface area contributed by atoms with Crippen LogP contribution in [0.4, 0.5) is 5.69 Å². The summed E-state index contributed by atoms with van der Waals surface area (Å²) in [5, 5.41) is 3.44. The molecule has 2 aromatic rings. The highest BCUT2D eigenvalue weighted by Gasteiger charge is 2.09. The first-order valence-corrected chi connectivity index (χ1v) is 5.46. The third-order valence-electron chi connectivity index (χ3n) is 2.84. The van der Waals surface area contributed by atoms with E-state index in [2.05, 4.69) is 23.5 Å². The first-order chi connectivity index (χ1) is 7.93. The summed E-state index contributed by atoms with van der Waals surface area (Å²) in [5.41, 5.74) is 3.58. The van der Waals surface area contributed by atoms with E-state index in [1.165, 1.54) is 11.1 Å². The van der Waals surface area contributed by atoms with Crippen LogP contribution in [0.15, 0.2) is 48.5 Å². The van der Waals surface area contributed by atoms with E-state index >= 15 is 0 Å². The molecule has 0 aromatic heterocycles.